The highest BCUT2D eigenvalue weighted by atomic mass is 32.1. The lowest BCUT2D eigenvalue weighted by molar-refractivity contribution is -0.123. The molecule has 1 radical (unpaired) electrons. The van der Waals surface area contributed by atoms with E-state index < -0.39 is 5.41 Å². The molecule has 1 saturated heterocycles. The van der Waals surface area contributed by atoms with Gasteiger partial charge in [0.2, 0.25) is 0 Å². The van der Waals surface area contributed by atoms with Crippen molar-refractivity contribution in [2.24, 2.45) is 11.3 Å². The van der Waals surface area contributed by atoms with E-state index in [2.05, 4.69) is 84.4 Å². The van der Waals surface area contributed by atoms with Gasteiger partial charge in [0, 0.05) is 66.5 Å². The van der Waals surface area contributed by atoms with Crippen LogP contribution in [0.2, 0.25) is 0 Å². The third-order valence-electron chi connectivity index (χ3n) is 8.33. The summed E-state index contributed by atoms with van der Waals surface area (Å²) < 4.78 is 2.11. The van der Waals surface area contributed by atoms with Crippen molar-refractivity contribution in [1.82, 2.24) is 14.7 Å². The Morgan fingerprint density at radius 3 is 2.79 bits per heavy atom. The number of nitrogen functional groups attached to an aromatic ring is 1. The maximum Gasteiger partial charge on any atom is 0.165 e. The molecule has 2 aliphatic rings. The monoisotopic (exact) mass is 547 g/mol. The summed E-state index contributed by atoms with van der Waals surface area (Å²) in [4.78, 5) is 18.7. The number of nitrogens with two attached hydrogens (primary N) is 1. The Morgan fingerprint density at radius 2 is 2.13 bits per heavy atom. The molecule has 0 saturated carbocycles. The third kappa shape index (κ3) is 5.55. The predicted octanol–water partition coefficient (Wildman–Crippen LogP) is 6.23. The lowest BCUT2D eigenvalue weighted by Crippen LogP contribution is -2.36. The average Bonchev–Trinajstić information content (AvgIpc) is 3.49. The highest BCUT2D eigenvalue weighted by Crippen LogP contribution is 2.49. The van der Waals surface area contributed by atoms with Crippen LogP contribution < -0.4 is 16.6 Å². The Labute approximate surface area is 237 Å². The first-order chi connectivity index (χ1) is 18.7. The fourth-order valence-corrected chi connectivity index (χ4v) is 7.48. The van der Waals surface area contributed by atoms with E-state index in [0.717, 1.165) is 60.7 Å². The molecule has 0 amide bonds. The van der Waals surface area contributed by atoms with Crippen LogP contribution in [0, 0.1) is 25.7 Å². The minimum absolute atomic E-state index is 0. The Morgan fingerprint density at radius 1 is 1.33 bits per heavy atom. The van der Waals surface area contributed by atoms with Gasteiger partial charge in [-0.25, -0.2) is 0 Å². The molecule has 2 atom stereocenters. The topological polar surface area (TPSA) is 88.2 Å². The summed E-state index contributed by atoms with van der Waals surface area (Å²) in [7, 11) is 0. The molecule has 5 rings (SSSR count). The number of likely N-dealkylation sites (tertiary alicyclic amines) is 1. The molecular formula is C31H43N6OS. The van der Waals surface area contributed by atoms with Gasteiger partial charge in [-0.15, -0.1) is 11.3 Å². The molecule has 0 spiro atoms. The predicted molar refractivity (Wildman–Crippen MR) is 163 cm³/mol. The number of piperidine rings is 1. The third-order valence-corrected chi connectivity index (χ3v) is 9.49. The number of Topliss-reactive ketones (excluding diaryl/α,β-unsaturated/α-hetero) is 1. The highest BCUT2D eigenvalue weighted by molar-refractivity contribution is 7.12. The smallest absolute Gasteiger partial charge is 0.165 e. The number of nitrogens with one attached hydrogen (secondary N) is 2. The Bertz CT molecular complexity index is 1360. The van der Waals surface area contributed by atoms with Crippen LogP contribution in [-0.2, 0) is 11.3 Å². The number of hydrogen-bond acceptors (Lipinski definition) is 7. The zero-order valence-corrected chi connectivity index (χ0v) is 24.6. The first-order valence-electron chi connectivity index (χ1n) is 14.0. The van der Waals surface area contributed by atoms with Crippen molar-refractivity contribution >= 4 is 28.5 Å². The molecule has 1 aliphatic carbocycles. The summed E-state index contributed by atoms with van der Waals surface area (Å²) in [5.41, 5.74) is 8.53. The van der Waals surface area contributed by atoms with Crippen LogP contribution in [0.15, 0.2) is 48.3 Å². The molecule has 39 heavy (non-hydrogen) atoms. The van der Waals surface area contributed by atoms with E-state index >= 15 is 0 Å². The quantitative estimate of drug-likeness (QED) is 0.195. The zero-order valence-electron chi connectivity index (χ0n) is 23.8. The van der Waals surface area contributed by atoms with Crippen LogP contribution in [0.3, 0.4) is 0 Å². The van der Waals surface area contributed by atoms with Gasteiger partial charge in [-0.3, -0.25) is 20.2 Å². The molecule has 1 fully saturated rings. The van der Waals surface area contributed by atoms with Crippen LogP contribution in [0.5, 0.6) is 0 Å². The van der Waals surface area contributed by atoms with E-state index in [4.69, 9.17) is 5.84 Å². The molecule has 0 unspecified atom stereocenters. The van der Waals surface area contributed by atoms with Gasteiger partial charge in [-0.2, -0.15) is 5.10 Å². The van der Waals surface area contributed by atoms with E-state index in [0.29, 0.717) is 6.04 Å². The standard InChI is InChI=1S/C31H41N6OS.H2/c1-6-33-26-13-12-25(20(2)29(26)35-32)28(31(4,5)30(38)22-10-11-22)27-17-23(21(3)39-27)18-36-15-7-9-24(19-36)37-16-8-14-34-37;/h8,10-14,16-17,24,28,33,35H,6-7,9,15,18-19,32H2,1-5H3;1H/t24-,28+;/m0./s1. The summed E-state index contributed by atoms with van der Waals surface area (Å²) >= 11 is 1.82. The number of hydrazine groups is 1. The van der Waals surface area contributed by atoms with Crippen molar-refractivity contribution in [2.45, 2.75) is 66.0 Å². The fourth-order valence-electron chi connectivity index (χ4n) is 6.13. The second-order valence-electron chi connectivity index (χ2n) is 11.4. The molecule has 0 bridgehead atoms. The maximum atomic E-state index is 13.6. The van der Waals surface area contributed by atoms with Crippen LogP contribution in [0.1, 0.15) is 73.4 Å². The number of carbonyl (C=O) groups excluding carboxylic acids is 1. The van der Waals surface area contributed by atoms with Crippen molar-refractivity contribution in [1.29, 1.82) is 0 Å². The number of nitrogens with zero attached hydrogens (tertiary/aromatic N) is 3. The minimum atomic E-state index is -0.625. The summed E-state index contributed by atoms with van der Waals surface area (Å²) in [5, 5.41) is 7.90. The van der Waals surface area contributed by atoms with Gasteiger partial charge in [0.1, 0.15) is 0 Å². The highest BCUT2D eigenvalue weighted by Gasteiger charge is 2.43. The molecule has 2 aromatic heterocycles. The normalized spacial score (nSPS) is 18.5. The van der Waals surface area contributed by atoms with Crippen molar-refractivity contribution in [3.05, 3.63) is 81.2 Å². The molecule has 209 valence electrons. The van der Waals surface area contributed by atoms with Crippen molar-refractivity contribution in [2.75, 3.05) is 30.4 Å². The van der Waals surface area contributed by atoms with E-state index in [1.165, 1.54) is 21.7 Å². The van der Waals surface area contributed by atoms with Gasteiger partial charge in [-0.05, 0) is 75.0 Å². The van der Waals surface area contributed by atoms with Gasteiger partial charge < -0.3 is 10.7 Å². The van der Waals surface area contributed by atoms with Gasteiger partial charge >= 0.3 is 0 Å². The largest absolute Gasteiger partial charge is 0.384 e. The summed E-state index contributed by atoms with van der Waals surface area (Å²) in [6.45, 7) is 14.4. The summed E-state index contributed by atoms with van der Waals surface area (Å²) in [6, 6.07) is 9.04. The van der Waals surface area contributed by atoms with E-state index in [9.17, 15) is 4.79 Å². The summed E-state index contributed by atoms with van der Waals surface area (Å²) in [6.07, 6.45) is 10.1. The van der Waals surface area contributed by atoms with Gasteiger partial charge in [-0.1, -0.05) is 26.0 Å². The number of benzene rings is 1. The number of hydrogen-bond donors (Lipinski definition) is 3. The lowest BCUT2D eigenvalue weighted by atomic mass is 9.69. The second-order valence-corrected chi connectivity index (χ2v) is 12.7. The van der Waals surface area contributed by atoms with Gasteiger partial charge in [0.05, 0.1) is 17.4 Å². The number of carbonyl (C=O) groups is 1. The van der Waals surface area contributed by atoms with Crippen LogP contribution in [-0.4, -0.2) is 40.1 Å². The Kier molecular flexibility index (Phi) is 7.99. The Balaban J connectivity index is 0.00000370. The number of aryl methyl sites for hydroxylation is 1. The second kappa shape index (κ2) is 11.3. The number of anilines is 2. The van der Waals surface area contributed by atoms with Crippen LogP contribution in [0.25, 0.3) is 0 Å². The van der Waals surface area contributed by atoms with E-state index in [1.54, 1.807) is 0 Å². The number of allylic oxidation sites excluding steroid dienone is 2. The summed E-state index contributed by atoms with van der Waals surface area (Å²) in [5.74, 6) is 6.11. The van der Waals surface area contributed by atoms with Crippen LogP contribution >= 0.6 is 11.3 Å². The Hall–Kier alpha value is -2.94. The first-order valence-corrected chi connectivity index (χ1v) is 14.8. The van der Waals surface area contributed by atoms with E-state index in [-0.39, 0.29) is 13.1 Å². The molecule has 3 aromatic rings. The molecule has 1 aliphatic heterocycles. The lowest BCUT2D eigenvalue weighted by Gasteiger charge is -2.34. The van der Waals surface area contributed by atoms with Gasteiger partial charge in [0.25, 0.3) is 0 Å². The average molecular weight is 548 g/mol. The number of aromatic nitrogens is 2. The first kappa shape index (κ1) is 27.6. The number of thiophene rings is 1. The molecule has 7 nitrogen and oxygen atoms in total. The SMILES string of the molecule is CCNc1ccc([C@H](c2cc(CN3CCC[C@H](n4cccn4)C3)c(C)s2)C(C)(C)C(=O)C2=C[CH]2)c(C)c1NN.[HH]. The van der Waals surface area contributed by atoms with Crippen molar-refractivity contribution < 1.29 is 6.22 Å². The molecule has 4 N–H and O–H groups in total. The van der Waals surface area contributed by atoms with Crippen molar-refractivity contribution in [3.63, 3.8) is 0 Å². The number of rotatable bonds is 11. The van der Waals surface area contributed by atoms with Crippen LogP contribution in [0.4, 0.5) is 11.4 Å². The minimum Gasteiger partial charge on any atom is -0.384 e. The molecule has 3 heterocycles. The molecule has 1 aromatic carbocycles. The fraction of sp³-hybridized carbons (Fsp3) is 0.452. The molecule has 8 heteroatoms. The molecular weight excluding hydrogens is 504 g/mol. The van der Waals surface area contributed by atoms with Crippen molar-refractivity contribution in [3.8, 4) is 0 Å². The maximum absolute atomic E-state index is 13.6. The van der Waals surface area contributed by atoms with Gasteiger partial charge in [0.15, 0.2) is 5.78 Å². The number of ketones is 1. The zero-order chi connectivity index (χ0) is 27.7. The van der Waals surface area contributed by atoms with E-state index in [1.807, 2.05) is 36.1 Å².